The Morgan fingerprint density at radius 2 is 1.64 bits per heavy atom. The zero-order valence-electron chi connectivity index (χ0n) is 8.23. The number of carbonyl (C=O) groups is 1. The third-order valence-corrected chi connectivity index (χ3v) is 2.00. The molecule has 0 aromatic heterocycles. The molecule has 1 aliphatic rings. The van der Waals surface area contributed by atoms with Crippen LogP contribution in [0.25, 0.3) is 0 Å². The Morgan fingerprint density at radius 1 is 1.14 bits per heavy atom. The normalized spacial score (nSPS) is 14.6. The van der Waals surface area contributed by atoms with Crippen molar-refractivity contribution in [3.8, 4) is 0 Å². The van der Waals surface area contributed by atoms with Crippen molar-refractivity contribution in [3.63, 3.8) is 0 Å². The van der Waals surface area contributed by atoms with Crippen molar-refractivity contribution in [3.05, 3.63) is 49.2 Å². The van der Waals surface area contributed by atoms with Gasteiger partial charge >= 0.3 is 0 Å². The summed E-state index contributed by atoms with van der Waals surface area (Å²) in [6, 6.07) is 12.0. The van der Waals surface area contributed by atoms with Crippen molar-refractivity contribution in [2.75, 3.05) is 6.54 Å². The van der Waals surface area contributed by atoms with Gasteiger partial charge in [0.05, 0.1) is 0 Å². The summed E-state index contributed by atoms with van der Waals surface area (Å²) < 4.78 is 0. The molecule has 1 aliphatic heterocycles. The summed E-state index contributed by atoms with van der Waals surface area (Å²) in [6.07, 6.45) is 3.28. The van der Waals surface area contributed by atoms with Crippen LogP contribution in [-0.2, 0) is 4.79 Å². The fourth-order valence-electron chi connectivity index (χ4n) is 1.25. The molecule has 1 saturated heterocycles. The lowest BCUT2D eigenvalue weighted by Gasteiger charge is -2.05. The van der Waals surface area contributed by atoms with E-state index in [1.807, 2.05) is 36.4 Å². The molecule has 2 nitrogen and oxygen atoms in total. The molecule has 2 heteroatoms. The summed E-state index contributed by atoms with van der Waals surface area (Å²) >= 11 is 0. The summed E-state index contributed by atoms with van der Waals surface area (Å²) in [7, 11) is 0. The van der Waals surface area contributed by atoms with Crippen molar-refractivity contribution in [2.24, 2.45) is 0 Å². The summed E-state index contributed by atoms with van der Waals surface area (Å²) in [4.78, 5) is 12.3. The van der Waals surface area contributed by atoms with Gasteiger partial charge in [-0.15, -0.1) is 0 Å². The number of carbonyl (C=O) groups excluding carboxylic acids is 1. The van der Waals surface area contributed by atoms with Gasteiger partial charge in [0.15, 0.2) is 0 Å². The average molecular weight is 189 g/mol. The Bertz CT molecular complexity index is 255. The maximum atomic E-state index is 10.7. The van der Waals surface area contributed by atoms with Crippen LogP contribution in [0.3, 0.4) is 0 Å². The van der Waals surface area contributed by atoms with E-state index >= 15 is 0 Å². The molecule has 1 heterocycles. The molecular formula is C12H15NO. The summed E-state index contributed by atoms with van der Waals surface area (Å²) in [5.41, 5.74) is 0. The van der Waals surface area contributed by atoms with Gasteiger partial charge in [0.25, 0.3) is 0 Å². The number of likely N-dealkylation sites (tertiary alicyclic amines) is 1. The van der Waals surface area contributed by atoms with Gasteiger partial charge in [-0.2, -0.15) is 0 Å². The highest BCUT2D eigenvalue weighted by atomic mass is 16.2. The molecular weight excluding hydrogens is 174 g/mol. The minimum absolute atomic E-state index is 0.208. The number of rotatable bonds is 1. The van der Waals surface area contributed by atoms with Crippen LogP contribution in [0.5, 0.6) is 0 Å². The van der Waals surface area contributed by atoms with Gasteiger partial charge in [0.1, 0.15) is 0 Å². The quantitative estimate of drug-likeness (QED) is 0.664. The topological polar surface area (TPSA) is 20.3 Å². The van der Waals surface area contributed by atoms with E-state index in [4.69, 9.17) is 0 Å². The third-order valence-electron chi connectivity index (χ3n) is 2.00. The highest BCUT2D eigenvalue weighted by molar-refractivity contribution is 5.78. The lowest BCUT2D eigenvalue weighted by molar-refractivity contribution is -0.125. The first-order chi connectivity index (χ1) is 6.84. The number of nitrogens with zero attached hydrogens (tertiary/aromatic N) is 1. The standard InChI is InChI=1S/C6H9NO.C6H6/c1-2-7-5-3-4-6(7)8;1-2-4-6-5-3-1/h2H,1,3-5H2;1-6H. The molecule has 0 saturated carbocycles. The first-order valence-electron chi connectivity index (χ1n) is 4.76. The molecule has 1 aromatic rings. The van der Waals surface area contributed by atoms with E-state index in [0.29, 0.717) is 6.42 Å². The van der Waals surface area contributed by atoms with Gasteiger partial charge in [0, 0.05) is 13.0 Å². The Morgan fingerprint density at radius 3 is 1.86 bits per heavy atom. The molecule has 1 amide bonds. The van der Waals surface area contributed by atoms with E-state index in [9.17, 15) is 4.79 Å². The largest absolute Gasteiger partial charge is 0.320 e. The number of hydrogen-bond donors (Lipinski definition) is 0. The van der Waals surface area contributed by atoms with Gasteiger partial charge in [-0.25, -0.2) is 0 Å². The summed E-state index contributed by atoms with van der Waals surface area (Å²) in [5.74, 6) is 0.208. The zero-order valence-corrected chi connectivity index (χ0v) is 8.23. The minimum atomic E-state index is 0.208. The van der Waals surface area contributed by atoms with Crippen molar-refractivity contribution in [1.29, 1.82) is 0 Å². The van der Waals surface area contributed by atoms with E-state index in [1.165, 1.54) is 0 Å². The van der Waals surface area contributed by atoms with E-state index in [2.05, 4.69) is 6.58 Å². The van der Waals surface area contributed by atoms with Crippen molar-refractivity contribution in [2.45, 2.75) is 12.8 Å². The van der Waals surface area contributed by atoms with Gasteiger partial charge in [-0.3, -0.25) is 4.79 Å². The number of amides is 1. The fraction of sp³-hybridized carbons (Fsp3) is 0.250. The van der Waals surface area contributed by atoms with Gasteiger partial charge in [-0.1, -0.05) is 43.0 Å². The first kappa shape index (κ1) is 10.5. The molecule has 1 aromatic carbocycles. The zero-order chi connectivity index (χ0) is 10.2. The van der Waals surface area contributed by atoms with Crippen LogP contribution in [0.15, 0.2) is 49.2 Å². The minimum Gasteiger partial charge on any atom is -0.320 e. The molecule has 0 bridgehead atoms. The van der Waals surface area contributed by atoms with E-state index < -0.39 is 0 Å². The van der Waals surface area contributed by atoms with Crippen molar-refractivity contribution in [1.82, 2.24) is 4.90 Å². The monoisotopic (exact) mass is 189 g/mol. The second-order valence-corrected chi connectivity index (χ2v) is 3.03. The lowest BCUT2D eigenvalue weighted by Crippen LogP contribution is -2.16. The molecule has 0 unspecified atom stereocenters. The van der Waals surface area contributed by atoms with Crippen LogP contribution in [0.4, 0.5) is 0 Å². The third kappa shape index (κ3) is 3.44. The van der Waals surface area contributed by atoms with Crippen LogP contribution in [0.2, 0.25) is 0 Å². The fourth-order valence-corrected chi connectivity index (χ4v) is 1.25. The van der Waals surface area contributed by atoms with Gasteiger partial charge in [-0.05, 0) is 12.6 Å². The first-order valence-corrected chi connectivity index (χ1v) is 4.76. The van der Waals surface area contributed by atoms with E-state index in [1.54, 1.807) is 11.1 Å². The van der Waals surface area contributed by atoms with Gasteiger partial charge in [0.2, 0.25) is 5.91 Å². The van der Waals surface area contributed by atoms with E-state index in [0.717, 1.165) is 13.0 Å². The van der Waals surface area contributed by atoms with Gasteiger partial charge < -0.3 is 4.90 Å². The predicted octanol–water partition coefficient (Wildman–Crippen LogP) is 2.44. The average Bonchev–Trinajstić information content (AvgIpc) is 2.67. The van der Waals surface area contributed by atoms with Crippen LogP contribution in [-0.4, -0.2) is 17.4 Å². The highest BCUT2D eigenvalue weighted by Gasteiger charge is 2.15. The van der Waals surface area contributed by atoms with Crippen molar-refractivity contribution < 1.29 is 4.79 Å². The molecule has 0 N–H and O–H groups in total. The molecule has 2 rings (SSSR count). The Hall–Kier alpha value is -1.57. The molecule has 74 valence electrons. The number of benzene rings is 1. The predicted molar refractivity (Wildman–Crippen MR) is 57.6 cm³/mol. The number of hydrogen-bond acceptors (Lipinski definition) is 1. The Balaban J connectivity index is 0.000000146. The molecule has 1 fully saturated rings. The lowest BCUT2D eigenvalue weighted by atomic mass is 10.4. The molecule has 14 heavy (non-hydrogen) atoms. The maximum Gasteiger partial charge on any atom is 0.226 e. The Labute approximate surface area is 84.9 Å². The van der Waals surface area contributed by atoms with E-state index in [-0.39, 0.29) is 5.91 Å². The maximum absolute atomic E-state index is 10.7. The summed E-state index contributed by atoms with van der Waals surface area (Å²) in [5, 5.41) is 0. The van der Waals surface area contributed by atoms with Crippen molar-refractivity contribution >= 4 is 5.91 Å². The second-order valence-electron chi connectivity index (χ2n) is 3.03. The molecule has 0 radical (unpaired) electrons. The highest BCUT2D eigenvalue weighted by Crippen LogP contribution is 2.08. The van der Waals surface area contributed by atoms with Crippen LogP contribution >= 0.6 is 0 Å². The summed E-state index contributed by atoms with van der Waals surface area (Å²) in [6.45, 7) is 4.36. The Kier molecular flexibility index (Phi) is 4.48. The molecule has 0 atom stereocenters. The smallest absolute Gasteiger partial charge is 0.226 e. The van der Waals surface area contributed by atoms with Crippen LogP contribution < -0.4 is 0 Å². The second kappa shape index (κ2) is 5.97. The molecule has 0 aliphatic carbocycles. The SMILES string of the molecule is C=CN1CCCC1=O.c1ccccc1. The van der Waals surface area contributed by atoms with Crippen LogP contribution in [0, 0.1) is 0 Å². The molecule has 0 spiro atoms. The van der Waals surface area contributed by atoms with Crippen LogP contribution in [0.1, 0.15) is 12.8 Å².